The summed E-state index contributed by atoms with van der Waals surface area (Å²) in [6.07, 6.45) is 4.81. The molecule has 0 saturated heterocycles. The van der Waals surface area contributed by atoms with Crippen molar-refractivity contribution in [1.82, 2.24) is 10.3 Å². The Hall–Kier alpha value is -0.410. The van der Waals surface area contributed by atoms with Crippen molar-refractivity contribution < 1.29 is 0 Å². The molecule has 0 spiro atoms. The Labute approximate surface area is 115 Å². The van der Waals surface area contributed by atoms with Gasteiger partial charge >= 0.3 is 0 Å². The van der Waals surface area contributed by atoms with E-state index in [0.717, 1.165) is 18.3 Å². The zero-order chi connectivity index (χ0) is 13.3. The lowest BCUT2D eigenvalue weighted by Crippen LogP contribution is -2.45. The summed E-state index contributed by atoms with van der Waals surface area (Å²) in [5.41, 5.74) is 1.42. The van der Waals surface area contributed by atoms with Crippen LogP contribution in [0.25, 0.3) is 0 Å². The van der Waals surface area contributed by atoms with Crippen molar-refractivity contribution in [2.24, 2.45) is 11.8 Å². The van der Waals surface area contributed by atoms with Gasteiger partial charge in [-0.3, -0.25) is 0 Å². The van der Waals surface area contributed by atoms with Crippen molar-refractivity contribution in [2.45, 2.75) is 58.9 Å². The monoisotopic (exact) mass is 266 g/mol. The molecule has 1 aromatic rings. The van der Waals surface area contributed by atoms with Crippen molar-refractivity contribution in [2.75, 3.05) is 7.05 Å². The largest absolute Gasteiger partial charge is 0.308 e. The van der Waals surface area contributed by atoms with Gasteiger partial charge in [-0.25, -0.2) is 4.98 Å². The fourth-order valence-corrected chi connectivity index (χ4v) is 4.34. The number of nitrogens with zero attached hydrogens (tertiary/aromatic N) is 1. The minimum absolute atomic E-state index is 0.134. The van der Waals surface area contributed by atoms with Gasteiger partial charge in [0.25, 0.3) is 0 Å². The third kappa shape index (κ3) is 2.35. The third-order valence-electron chi connectivity index (χ3n) is 4.78. The number of aryl methyl sites for hydroxylation is 2. The molecule has 3 heteroatoms. The van der Waals surface area contributed by atoms with E-state index in [1.807, 2.05) is 11.3 Å². The number of rotatable bonds is 3. The normalized spacial score (nSPS) is 32.7. The van der Waals surface area contributed by atoms with Gasteiger partial charge in [-0.05, 0) is 51.5 Å². The zero-order valence-electron chi connectivity index (χ0n) is 12.3. The minimum Gasteiger partial charge on any atom is -0.308 e. The van der Waals surface area contributed by atoms with Crippen molar-refractivity contribution in [1.29, 1.82) is 0 Å². The van der Waals surface area contributed by atoms with Crippen LogP contribution in [-0.2, 0) is 12.0 Å². The molecule has 0 aliphatic heterocycles. The first-order valence-electron chi connectivity index (χ1n) is 7.18. The molecule has 2 nitrogen and oxygen atoms in total. The molecule has 1 aliphatic rings. The third-order valence-corrected chi connectivity index (χ3v) is 6.00. The van der Waals surface area contributed by atoms with Crippen LogP contribution in [0.4, 0.5) is 0 Å². The fourth-order valence-electron chi connectivity index (χ4n) is 3.10. The summed E-state index contributed by atoms with van der Waals surface area (Å²) < 4.78 is 0. The molecule has 0 aromatic carbocycles. The highest BCUT2D eigenvalue weighted by molar-refractivity contribution is 7.11. The Kier molecular flexibility index (Phi) is 4.12. The molecule has 0 radical (unpaired) electrons. The SMILES string of the molecule is CCc1nc(C2(NC)CCC(C)C(C)C2)sc1C. The van der Waals surface area contributed by atoms with Gasteiger partial charge in [0.2, 0.25) is 0 Å². The highest BCUT2D eigenvalue weighted by Crippen LogP contribution is 2.43. The maximum Gasteiger partial charge on any atom is 0.113 e. The predicted octanol–water partition coefficient (Wildman–Crippen LogP) is 3.88. The smallest absolute Gasteiger partial charge is 0.113 e. The predicted molar refractivity (Wildman–Crippen MR) is 79.1 cm³/mol. The van der Waals surface area contributed by atoms with Gasteiger partial charge in [-0.2, -0.15) is 0 Å². The second-order valence-electron chi connectivity index (χ2n) is 5.90. The summed E-state index contributed by atoms with van der Waals surface area (Å²) in [5, 5.41) is 4.91. The number of nitrogens with one attached hydrogen (secondary N) is 1. The molecule has 3 unspecified atom stereocenters. The van der Waals surface area contributed by atoms with Gasteiger partial charge in [0.1, 0.15) is 5.01 Å². The summed E-state index contributed by atoms with van der Waals surface area (Å²) >= 11 is 1.90. The van der Waals surface area contributed by atoms with E-state index >= 15 is 0 Å². The number of aromatic nitrogens is 1. The standard InChI is InChI=1S/C15H26N2S/c1-6-13-12(4)18-14(17-13)15(16-5)8-7-10(2)11(3)9-15/h10-11,16H,6-9H2,1-5H3. The van der Waals surface area contributed by atoms with E-state index in [9.17, 15) is 0 Å². The average molecular weight is 266 g/mol. The minimum atomic E-state index is 0.134. The van der Waals surface area contributed by atoms with Gasteiger partial charge in [-0.15, -0.1) is 11.3 Å². The fraction of sp³-hybridized carbons (Fsp3) is 0.800. The molecule has 1 heterocycles. The van der Waals surface area contributed by atoms with Crippen LogP contribution in [0.5, 0.6) is 0 Å². The van der Waals surface area contributed by atoms with Crippen LogP contribution >= 0.6 is 11.3 Å². The molecular formula is C15H26N2S. The van der Waals surface area contributed by atoms with E-state index in [-0.39, 0.29) is 5.54 Å². The molecular weight excluding hydrogens is 240 g/mol. The number of hydrogen-bond acceptors (Lipinski definition) is 3. The highest BCUT2D eigenvalue weighted by Gasteiger charge is 2.40. The molecule has 102 valence electrons. The second-order valence-corrected chi connectivity index (χ2v) is 7.11. The molecule has 18 heavy (non-hydrogen) atoms. The van der Waals surface area contributed by atoms with E-state index in [2.05, 4.69) is 40.1 Å². The molecule has 1 N–H and O–H groups in total. The van der Waals surface area contributed by atoms with Crippen molar-refractivity contribution in [3.05, 3.63) is 15.6 Å². The molecule has 2 rings (SSSR count). The lowest BCUT2D eigenvalue weighted by molar-refractivity contribution is 0.148. The Bertz CT molecular complexity index is 413. The van der Waals surface area contributed by atoms with Crippen molar-refractivity contribution in [3.63, 3.8) is 0 Å². The van der Waals surface area contributed by atoms with Gasteiger partial charge in [-0.1, -0.05) is 20.8 Å². The van der Waals surface area contributed by atoms with E-state index in [1.165, 1.54) is 34.8 Å². The molecule has 0 bridgehead atoms. The molecule has 1 aliphatic carbocycles. The quantitative estimate of drug-likeness (QED) is 0.898. The first-order chi connectivity index (χ1) is 8.52. The zero-order valence-corrected chi connectivity index (χ0v) is 13.2. The molecule has 3 atom stereocenters. The Morgan fingerprint density at radius 1 is 1.39 bits per heavy atom. The Morgan fingerprint density at radius 2 is 2.11 bits per heavy atom. The van der Waals surface area contributed by atoms with Gasteiger partial charge in [0.15, 0.2) is 0 Å². The van der Waals surface area contributed by atoms with Gasteiger partial charge < -0.3 is 5.32 Å². The van der Waals surface area contributed by atoms with Crippen LogP contribution in [-0.4, -0.2) is 12.0 Å². The van der Waals surface area contributed by atoms with E-state index in [1.54, 1.807) is 0 Å². The van der Waals surface area contributed by atoms with Crippen LogP contribution in [0, 0.1) is 18.8 Å². The van der Waals surface area contributed by atoms with E-state index in [4.69, 9.17) is 4.98 Å². The van der Waals surface area contributed by atoms with Crippen LogP contribution in [0.15, 0.2) is 0 Å². The number of hydrogen-bond donors (Lipinski definition) is 1. The van der Waals surface area contributed by atoms with Crippen molar-refractivity contribution >= 4 is 11.3 Å². The van der Waals surface area contributed by atoms with Crippen LogP contribution in [0.1, 0.15) is 55.6 Å². The lowest BCUT2D eigenvalue weighted by atomic mass is 9.71. The van der Waals surface area contributed by atoms with Crippen LogP contribution in [0.2, 0.25) is 0 Å². The lowest BCUT2D eigenvalue weighted by Gasteiger charge is -2.41. The van der Waals surface area contributed by atoms with Gasteiger partial charge in [0, 0.05) is 4.88 Å². The average Bonchev–Trinajstić information content (AvgIpc) is 2.75. The summed E-state index contributed by atoms with van der Waals surface area (Å²) in [4.78, 5) is 6.31. The Morgan fingerprint density at radius 3 is 2.61 bits per heavy atom. The number of thiazole rings is 1. The topological polar surface area (TPSA) is 24.9 Å². The molecule has 1 saturated carbocycles. The van der Waals surface area contributed by atoms with Crippen LogP contribution < -0.4 is 5.32 Å². The second kappa shape index (κ2) is 5.30. The van der Waals surface area contributed by atoms with Gasteiger partial charge in [0.05, 0.1) is 11.2 Å². The molecule has 1 fully saturated rings. The summed E-state index contributed by atoms with van der Waals surface area (Å²) in [6, 6.07) is 0. The highest BCUT2D eigenvalue weighted by atomic mass is 32.1. The summed E-state index contributed by atoms with van der Waals surface area (Å²) in [6.45, 7) is 9.17. The summed E-state index contributed by atoms with van der Waals surface area (Å²) in [7, 11) is 2.10. The van der Waals surface area contributed by atoms with E-state index in [0.29, 0.717) is 0 Å². The maximum atomic E-state index is 4.91. The summed E-state index contributed by atoms with van der Waals surface area (Å²) in [5.74, 6) is 1.62. The molecule has 0 amide bonds. The first kappa shape index (κ1) is 14.0. The Balaban J connectivity index is 2.31. The maximum absolute atomic E-state index is 4.91. The van der Waals surface area contributed by atoms with Crippen LogP contribution in [0.3, 0.4) is 0 Å². The molecule has 1 aromatic heterocycles. The first-order valence-corrected chi connectivity index (χ1v) is 7.99. The van der Waals surface area contributed by atoms with Crippen molar-refractivity contribution in [3.8, 4) is 0 Å². The van der Waals surface area contributed by atoms with E-state index < -0.39 is 0 Å².